The molecular formula is C13H21BN2O. The van der Waals surface area contributed by atoms with Gasteiger partial charge in [0.2, 0.25) is 0 Å². The van der Waals surface area contributed by atoms with Gasteiger partial charge in [-0.15, -0.1) is 0 Å². The van der Waals surface area contributed by atoms with Gasteiger partial charge in [-0.1, -0.05) is 38.0 Å². The lowest BCUT2D eigenvalue weighted by Gasteiger charge is -2.13. The van der Waals surface area contributed by atoms with Gasteiger partial charge in [-0.2, -0.15) is 0 Å². The van der Waals surface area contributed by atoms with Gasteiger partial charge in [0.15, 0.2) is 6.71 Å². The first kappa shape index (κ1) is 13.6. The summed E-state index contributed by atoms with van der Waals surface area (Å²) < 4.78 is 5.31. The Kier molecular flexibility index (Phi) is 5.07. The molecular weight excluding hydrogens is 211 g/mol. The van der Waals surface area contributed by atoms with Crippen molar-refractivity contribution < 1.29 is 4.74 Å². The molecule has 0 unspecified atom stereocenters. The lowest BCUT2D eigenvalue weighted by Crippen LogP contribution is -2.27. The topological polar surface area (TPSA) is 47.6 Å². The summed E-state index contributed by atoms with van der Waals surface area (Å²) in [5.74, 6) is 0.736. The molecule has 3 nitrogen and oxygen atoms in total. The van der Waals surface area contributed by atoms with Crippen LogP contribution in [-0.2, 0) is 0 Å². The summed E-state index contributed by atoms with van der Waals surface area (Å²) in [6, 6.07) is 4.13. The van der Waals surface area contributed by atoms with Gasteiger partial charge in [-0.05, 0) is 6.07 Å². The van der Waals surface area contributed by atoms with E-state index in [9.17, 15) is 0 Å². The van der Waals surface area contributed by atoms with Crippen LogP contribution in [-0.4, -0.2) is 27.1 Å². The number of hydrogen-bond acceptors (Lipinski definition) is 3. The molecule has 0 aromatic heterocycles. The fraction of sp³-hybridized carbons (Fsp3) is 0.462. The van der Waals surface area contributed by atoms with Crippen LogP contribution in [0.25, 0.3) is 0 Å². The van der Waals surface area contributed by atoms with Gasteiger partial charge >= 0.3 is 0 Å². The summed E-state index contributed by atoms with van der Waals surface area (Å²) in [7, 11) is 3.39. The molecule has 0 amide bonds. The summed E-state index contributed by atoms with van der Waals surface area (Å²) >= 11 is 0. The number of nitrogens with two attached hydrogens (primary N) is 1. The maximum absolute atomic E-state index is 6.01. The van der Waals surface area contributed by atoms with Crippen LogP contribution in [0.3, 0.4) is 0 Å². The first-order valence-corrected chi connectivity index (χ1v) is 6.03. The third-order valence-corrected chi connectivity index (χ3v) is 2.98. The van der Waals surface area contributed by atoms with Crippen molar-refractivity contribution in [3.63, 3.8) is 0 Å². The SMILES string of the molecule is CCCB(C)c1cc(C=NC)c(N)c(OC)c1. The van der Waals surface area contributed by atoms with Crippen molar-refractivity contribution in [3.8, 4) is 5.75 Å². The Morgan fingerprint density at radius 3 is 2.71 bits per heavy atom. The number of rotatable bonds is 5. The molecule has 0 aliphatic heterocycles. The van der Waals surface area contributed by atoms with E-state index in [0.717, 1.165) is 17.6 Å². The molecule has 1 aromatic rings. The quantitative estimate of drug-likeness (QED) is 0.480. The summed E-state index contributed by atoms with van der Waals surface area (Å²) in [5, 5.41) is 0. The van der Waals surface area contributed by atoms with Gasteiger partial charge in [0.25, 0.3) is 0 Å². The van der Waals surface area contributed by atoms with Crippen molar-refractivity contribution >= 4 is 24.1 Å². The van der Waals surface area contributed by atoms with E-state index in [2.05, 4.69) is 24.8 Å². The number of aliphatic imine (C=N–C) groups is 1. The highest BCUT2D eigenvalue weighted by molar-refractivity contribution is 6.72. The fourth-order valence-corrected chi connectivity index (χ4v) is 1.97. The van der Waals surface area contributed by atoms with Crippen LogP contribution in [0.15, 0.2) is 17.1 Å². The standard InChI is InChI=1S/C13H21BN2O/c1-5-6-14(2)11-7-10(9-16-3)13(15)12(8-11)17-4/h7-9H,5-6,15H2,1-4H3. The summed E-state index contributed by atoms with van der Waals surface area (Å²) in [6.07, 6.45) is 4.11. The minimum atomic E-state index is 0.513. The largest absolute Gasteiger partial charge is 0.495 e. The Hall–Kier alpha value is -1.45. The van der Waals surface area contributed by atoms with Crippen molar-refractivity contribution in [1.29, 1.82) is 0 Å². The van der Waals surface area contributed by atoms with Crippen molar-refractivity contribution in [2.45, 2.75) is 26.5 Å². The number of methoxy groups -OCH3 is 1. The van der Waals surface area contributed by atoms with Crippen molar-refractivity contribution in [2.24, 2.45) is 4.99 Å². The van der Waals surface area contributed by atoms with Gasteiger partial charge in [0.1, 0.15) is 5.75 Å². The first-order valence-electron chi connectivity index (χ1n) is 6.03. The molecule has 17 heavy (non-hydrogen) atoms. The Bertz CT molecular complexity index is 405. The highest BCUT2D eigenvalue weighted by atomic mass is 16.5. The second-order valence-electron chi connectivity index (χ2n) is 4.30. The second kappa shape index (κ2) is 6.33. The highest BCUT2D eigenvalue weighted by Crippen LogP contribution is 2.23. The summed E-state index contributed by atoms with van der Waals surface area (Å²) in [6.45, 7) is 4.93. The van der Waals surface area contributed by atoms with E-state index < -0.39 is 0 Å². The van der Waals surface area contributed by atoms with Gasteiger partial charge in [0.05, 0.1) is 12.8 Å². The molecule has 0 aliphatic carbocycles. The molecule has 0 atom stereocenters. The Morgan fingerprint density at radius 1 is 1.47 bits per heavy atom. The number of ether oxygens (including phenoxy) is 1. The van der Waals surface area contributed by atoms with E-state index >= 15 is 0 Å². The molecule has 0 aliphatic rings. The van der Waals surface area contributed by atoms with Gasteiger partial charge in [-0.3, -0.25) is 4.99 Å². The summed E-state index contributed by atoms with van der Waals surface area (Å²) in [4.78, 5) is 4.03. The Labute approximate surface area is 104 Å². The van der Waals surface area contributed by atoms with Crippen LogP contribution in [0.2, 0.25) is 13.1 Å². The first-order chi connectivity index (χ1) is 8.13. The van der Waals surface area contributed by atoms with Crippen molar-refractivity contribution in [3.05, 3.63) is 17.7 Å². The second-order valence-corrected chi connectivity index (χ2v) is 4.30. The number of hydrogen-bond donors (Lipinski definition) is 1. The monoisotopic (exact) mass is 232 g/mol. The number of nitrogen functional groups attached to an aromatic ring is 1. The lowest BCUT2D eigenvalue weighted by atomic mass is 9.44. The maximum Gasteiger partial charge on any atom is 0.172 e. The van der Waals surface area contributed by atoms with Crippen LogP contribution in [0.1, 0.15) is 18.9 Å². The number of nitrogens with zero attached hydrogens (tertiary/aromatic N) is 1. The molecule has 0 spiro atoms. The van der Waals surface area contributed by atoms with Crippen LogP contribution in [0.4, 0.5) is 5.69 Å². The molecule has 0 saturated heterocycles. The molecule has 0 heterocycles. The lowest BCUT2D eigenvalue weighted by molar-refractivity contribution is 0.417. The van der Waals surface area contributed by atoms with Gasteiger partial charge < -0.3 is 10.5 Å². The Morgan fingerprint density at radius 2 is 2.18 bits per heavy atom. The van der Waals surface area contributed by atoms with E-state index in [1.807, 2.05) is 6.07 Å². The summed E-state index contributed by atoms with van der Waals surface area (Å²) in [5.41, 5.74) is 8.86. The zero-order valence-electron chi connectivity index (χ0n) is 11.2. The molecule has 4 heteroatoms. The zero-order valence-corrected chi connectivity index (χ0v) is 11.2. The average molecular weight is 232 g/mol. The molecule has 1 rings (SSSR count). The Balaban J connectivity index is 3.19. The number of benzene rings is 1. The van der Waals surface area contributed by atoms with E-state index in [0.29, 0.717) is 12.4 Å². The molecule has 0 radical (unpaired) electrons. The third kappa shape index (κ3) is 3.25. The smallest absolute Gasteiger partial charge is 0.172 e. The molecule has 0 saturated carbocycles. The van der Waals surface area contributed by atoms with Gasteiger partial charge in [-0.25, -0.2) is 0 Å². The van der Waals surface area contributed by atoms with E-state index in [1.54, 1.807) is 20.4 Å². The average Bonchev–Trinajstić information content (AvgIpc) is 2.32. The molecule has 92 valence electrons. The van der Waals surface area contributed by atoms with Crippen LogP contribution in [0, 0.1) is 0 Å². The van der Waals surface area contributed by atoms with E-state index in [1.165, 1.54) is 11.9 Å². The van der Waals surface area contributed by atoms with E-state index in [-0.39, 0.29) is 0 Å². The normalized spacial score (nSPS) is 10.8. The van der Waals surface area contributed by atoms with Crippen LogP contribution < -0.4 is 15.9 Å². The zero-order chi connectivity index (χ0) is 12.8. The van der Waals surface area contributed by atoms with Gasteiger partial charge in [0, 0.05) is 18.8 Å². The predicted octanol–water partition coefficient (Wildman–Crippen LogP) is 2.07. The minimum absolute atomic E-state index is 0.513. The third-order valence-electron chi connectivity index (χ3n) is 2.98. The number of anilines is 1. The highest BCUT2D eigenvalue weighted by Gasteiger charge is 2.13. The predicted molar refractivity (Wildman–Crippen MR) is 77.3 cm³/mol. The minimum Gasteiger partial charge on any atom is -0.495 e. The maximum atomic E-state index is 6.01. The van der Waals surface area contributed by atoms with Crippen LogP contribution in [0.5, 0.6) is 5.75 Å². The molecule has 2 N–H and O–H groups in total. The van der Waals surface area contributed by atoms with Crippen LogP contribution >= 0.6 is 0 Å². The fourth-order valence-electron chi connectivity index (χ4n) is 1.97. The molecule has 0 fully saturated rings. The van der Waals surface area contributed by atoms with Crippen molar-refractivity contribution in [2.75, 3.05) is 19.9 Å². The molecule has 1 aromatic carbocycles. The van der Waals surface area contributed by atoms with Crippen molar-refractivity contribution in [1.82, 2.24) is 0 Å². The van der Waals surface area contributed by atoms with E-state index in [4.69, 9.17) is 10.5 Å². The molecule has 0 bridgehead atoms.